The first kappa shape index (κ1) is 11.5. The van der Waals surface area contributed by atoms with E-state index in [2.05, 4.69) is 0 Å². The van der Waals surface area contributed by atoms with Crippen molar-refractivity contribution in [2.24, 2.45) is 5.73 Å². The van der Waals surface area contributed by atoms with E-state index in [0.717, 1.165) is 0 Å². The van der Waals surface area contributed by atoms with E-state index in [-0.39, 0.29) is 21.8 Å². The van der Waals surface area contributed by atoms with E-state index in [1.165, 1.54) is 13.0 Å². The summed E-state index contributed by atoms with van der Waals surface area (Å²) in [6.45, 7) is 3.14. The van der Waals surface area contributed by atoms with Gasteiger partial charge in [-0.25, -0.2) is 0 Å². The van der Waals surface area contributed by atoms with Gasteiger partial charge in [0.1, 0.15) is 5.56 Å². The third kappa shape index (κ3) is 1.92. The molecule has 1 aromatic rings. The predicted molar refractivity (Wildman–Crippen MR) is 56.1 cm³/mol. The molecule has 0 atom stereocenters. The Kier molecular flexibility index (Phi) is 2.95. The molecule has 0 radical (unpaired) electrons. The summed E-state index contributed by atoms with van der Waals surface area (Å²) in [5, 5.41) is 11.0. The van der Waals surface area contributed by atoms with Crippen LogP contribution in [0.1, 0.15) is 21.5 Å². The van der Waals surface area contributed by atoms with E-state index >= 15 is 0 Å². The molecule has 1 amide bonds. The number of hydrogen-bond donors (Lipinski definition) is 1. The fraction of sp³-hybridized carbons (Fsp3) is 0.222. The molecule has 0 aromatic heterocycles. The van der Waals surface area contributed by atoms with Crippen molar-refractivity contribution in [2.75, 3.05) is 0 Å². The van der Waals surface area contributed by atoms with Gasteiger partial charge in [0.15, 0.2) is 0 Å². The van der Waals surface area contributed by atoms with Gasteiger partial charge in [0.05, 0.1) is 9.95 Å². The Morgan fingerprint density at radius 3 is 2.47 bits per heavy atom. The smallest absolute Gasteiger partial charge is 0.286 e. The Hall–Kier alpha value is -1.62. The monoisotopic (exact) mass is 228 g/mol. The first-order chi connectivity index (χ1) is 6.86. The maximum atomic E-state index is 11.0. The van der Waals surface area contributed by atoms with Crippen molar-refractivity contribution in [1.82, 2.24) is 0 Å². The molecule has 6 heteroatoms. The number of amides is 1. The molecule has 0 aliphatic rings. The van der Waals surface area contributed by atoms with Crippen molar-refractivity contribution in [3.05, 3.63) is 37.9 Å². The number of nitrogens with zero attached hydrogens (tertiary/aromatic N) is 1. The van der Waals surface area contributed by atoms with E-state index < -0.39 is 10.8 Å². The highest BCUT2D eigenvalue weighted by atomic mass is 35.5. The maximum Gasteiger partial charge on any atom is 0.286 e. The average Bonchev–Trinajstić information content (AvgIpc) is 2.12. The van der Waals surface area contributed by atoms with Crippen LogP contribution in [0.15, 0.2) is 6.07 Å². The second-order valence-corrected chi connectivity index (χ2v) is 3.53. The summed E-state index contributed by atoms with van der Waals surface area (Å²) in [7, 11) is 0. The minimum Gasteiger partial charge on any atom is -0.365 e. The summed E-state index contributed by atoms with van der Waals surface area (Å²) in [5.41, 5.74) is 5.47. The number of benzene rings is 1. The van der Waals surface area contributed by atoms with Crippen molar-refractivity contribution >= 4 is 23.2 Å². The second kappa shape index (κ2) is 3.86. The molecule has 0 bridgehead atoms. The van der Waals surface area contributed by atoms with Gasteiger partial charge in [-0.15, -0.1) is 0 Å². The SMILES string of the molecule is Cc1cc(C(N)=O)c([N+](=O)[O-])c(C)c1Cl. The van der Waals surface area contributed by atoms with Crippen LogP contribution in [0.3, 0.4) is 0 Å². The Morgan fingerprint density at radius 2 is 2.07 bits per heavy atom. The molecular formula is C9H9ClN2O3. The third-order valence-corrected chi connectivity index (χ3v) is 2.68. The second-order valence-electron chi connectivity index (χ2n) is 3.15. The van der Waals surface area contributed by atoms with Crippen LogP contribution in [-0.2, 0) is 0 Å². The number of carbonyl (C=O) groups excluding carboxylic acids is 1. The van der Waals surface area contributed by atoms with Crippen LogP contribution in [-0.4, -0.2) is 10.8 Å². The highest BCUT2D eigenvalue weighted by Gasteiger charge is 2.24. The molecule has 0 aliphatic heterocycles. The molecule has 0 unspecified atom stereocenters. The largest absolute Gasteiger partial charge is 0.365 e. The molecule has 2 N–H and O–H groups in total. The lowest BCUT2D eigenvalue weighted by Crippen LogP contribution is -2.14. The van der Waals surface area contributed by atoms with E-state index in [1.807, 2.05) is 0 Å². The fourth-order valence-electron chi connectivity index (χ4n) is 1.37. The Bertz CT molecular complexity index is 457. The number of halogens is 1. The molecular weight excluding hydrogens is 220 g/mol. The molecule has 0 saturated carbocycles. The van der Waals surface area contributed by atoms with Crippen molar-refractivity contribution in [1.29, 1.82) is 0 Å². The first-order valence-corrected chi connectivity index (χ1v) is 4.48. The molecule has 5 nitrogen and oxygen atoms in total. The van der Waals surface area contributed by atoms with Gasteiger partial charge in [-0.3, -0.25) is 14.9 Å². The topological polar surface area (TPSA) is 86.2 Å². The number of primary amides is 1. The maximum absolute atomic E-state index is 11.0. The predicted octanol–water partition coefficient (Wildman–Crippen LogP) is 1.96. The number of nitro groups is 1. The molecule has 0 spiro atoms. The van der Waals surface area contributed by atoms with Crippen LogP contribution >= 0.6 is 11.6 Å². The fourth-order valence-corrected chi connectivity index (χ4v) is 1.52. The lowest BCUT2D eigenvalue weighted by Gasteiger charge is -2.06. The lowest BCUT2D eigenvalue weighted by atomic mass is 10.0. The number of rotatable bonds is 2. The zero-order valence-electron chi connectivity index (χ0n) is 8.20. The van der Waals surface area contributed by atoms with Crippen LogP contribution in [0, 0.1) is 24.0 Å². The number of nitro benzene ring substituents is 1. The van der Waals surface area contributed by atoms with E-state index in [1.54, 1.807) is 6.92 Å². The van der Waals surface area contributed by atoms with Gasteiger partial charge in [0.2, 0.25) is 0 Å². The van der Waals surface area contributed by atoms with Gasteiger partial charge >= 0.3 is 0 Å². The Labute approximate surface area is 91.0 Å². The van der Waals surface area contributed by atoms with Gasteiger partial charge in [-0.2, -0.15) is 0 Å². The van der Waals surface area contributed by atoms with Gasteiger partial charge in [0.25, 0.3) is 11.6 Å². The van der Waals surface area contributed by atoms with Gasteiger partial charge in [-0.1, -0.05) is 11.6 Å². The van der Waals surface area contributed by atoms with E-state index in [9.17, 15) is 14.9 Å². The van der Waals surface area contributed by atoms with Crippen molar-refractivity contribution in [3.8, 4) is 0 Å². The van der Waals surface area contributed by atoms with Crippen LogP contribution in [0.25, 0.3) is 0 Å². The van der Waals surface area contributed by atoms with Crippen molar-refractivity contribution in [2.45, 2.75) is 13.8 Å². The standard InChI is InChI=1S/C9H9ClN2O3/c1-4-3-6(9(11)13)8(12(14)15)5(2)7(4)10/h3H,1-2H3,(H2,11,13). The minimum atomic E-state index is -0.829. The van der Waals surface area contributed by atoms with Gasteiger partial charge in [-0.05, 0) is 25.5 Å². The molecule has 0 aliphatic carbocycles. The molecule has 1 rings (SSSR count). The summed E-state index contributed by atoms with van der Waals surface area (Å²) in [6.07, 6.45) is 0. The normalized spacial score (nSPS) is 10.1. The van der Waals surface area contributed by atoms with Gasteiger partial charge in [0, 0.05) is 5.56 Å². The van der Waals surface area contributed by atoms with Crippen LogP contribution in [0.2, 0.25) is 5.02 Å². The third-order valence-electron chi connectivity index (χ3n) is 2.09. The summed E-state index contributed by atoms with van der Waals surface area (Å²) in [5.74, 6) is -0.829. The number of carbonyl (C=O) groups is 1. The molecule has 0 saturated heterocycles. The Balaban J connectivity index is 3.65. The highest BCUT2D eigenvalue weighted by molar-refractivity contribution is 6.32. The highest BCUT2D eigenvalue weighted by Crippen LogP contribution is 2.32. The lowest BCUT2D eigenvalue weighted by molar-refractivity contribution is -0.385. The summed E-state index contributed by atoms with van der Waals surface area (Å²) < 4.78 is 0. The average molecular weight is 229 g/mol. The Morgan fingerprint density at radius 1 is 1.53 bits per heavy atom. The summed E-state index contributed by atoms with van der Waals surface area (Å²) >= 11 is 5.85. The molecule has 80 valence electrons. The van der Waals surface area contributed by atoms with E-state index in [4.69, 9.17) is 17.3 Å². The zero-order valence-corrected chi connectivity index (χ0v) is 8.96. The summed E-state index contributed by atoms with van der Waals surface area (Å²) in [6, 6.07) is 1.33. The van der Waals surface area contributed by atoms with Crippen LogP contribution in [0.4, 0.5) is 5.69 Å². The molecule has 0 fully saturated rings. The quantitative estimate of drug-likeness (QED) is 0.620. The van der Waals surface area contributed by atoms with Crippen molar-refractivity contribution < 1.29 is 9.72 Å². The molecule has 0 heterocycles. The zero-order chi connectivity index (χ0) is 11.7. The number of aryl methyl sites for hydroxylation is 1. The molecule has 1 aromatic carbocycles. The first-order valence-electron chi connectivity index (χ1n) is 4.10. The van der Waals surface area contributed by atoms with Crippen molar-refractivity contribution in [3.63, 3.8) is 0 Å². The number of nitrogens with two attached hydrogens (primary N) is 1. The number of hydrogen-bond acceptors (Lipinski definition) is 3. The van der Waals surface area contributed by atoms with Crippen LogP contribution < -0.4 is 5.73 Å². The van der Waals surface area contributed by atoms with Gasteiger partial charge < -0.3 is 5.73 Å². The minimum absolute atomic E-state index is 0.112. The summed E-state index contributed by atoms with van der Waals surface area (Å²) in [4.78, 5) is 21.1. The molecule has 15 heavy (non-hydrogen) atoms. The van der Waals surface area contributed by atoms with E-state index in [0.29, 0.717) is 5.56 Å². The van der Waals surface area contributed by atoms with Crippen LogP contribution in [0.5, 0.6) is 0 Å².